The number of hydrogen-bond donors (Lipinski definition) is 0. The monoisotopic (exact) mass is 464 g/mol. The first kappa shape index (κ1) is 24.6. The highest BCUT2D eigenvalue weighted by atomic mass is 19.2. The molecule has 1 fully saturated rings. The van der Waals surface area contributed by atoms with Crippen LogP contribution in [0.3, 0.4) is 0 Å². The Balaban J connectivity index is 1.52. The first-order valence-electron chi connectivity index (χ1n) is 12.8. The van der Waals surface area contributed by atoms with Crippen molar-refractivity contribution < 1.29 is 13.2 Å². The third-order valence-corrected chi connectivity index (χ3v) is 7.58. The fourth-order valence-corrected chi connectivity index (χ4v) is 5.49. The van der Waals surface area contributed by atoms with Gasteiger partial charge < -0.3 is 0 Å². The average Bonchev–Trinajstić information content (AvgIpc) is 2.86. The third kappa shape index (κ3) is 5.24. The summed E-state index contributed by atoms with van der Waals surface area (Å²) in [6.07, 6.45) is 12.9. The molecule has 0 radical (unpaired) electrons. The molecule has 3 aromatic rings. The molecule has 0 heterocycles. The number of allylic oxidation sites excluding steroid dienone is 1. The number of benzene rings is 3. The van der Waals surface area contributed by atoms with Crippen molar-refractivity contribution in [1.29, 1.82) is 0 Å². The molecule has 0 spiro atoms. The topological polar surface area (TPSA) is 0 Å². The summed E-state index contributed by atoms with van der Waals surface area (Å²) < 4.78 is 44.9. The molecule has 4 rings (SSSR count). The van der Waals surface area contributed by atoms with E-state index in [0.29, 0.717) is 35.3 Å². The lowest BCUT2D eigenvalue weighted by atomic mass is 9.77. The van der Waals surface area contributed by atoms with Crippen LogP contribution in [0.4, 0.5) is 13.2 Å². The van der Waals surface area contributed by atoms with E-state index in [2.05, 4.69) is 25.6 Å². The molecule has 0 saturated heterocycles. The van der Waals surface area contributed by atoms with Gasteiger partial charge in [-0.15, -0.1) is 6.58 Å². The van der Waals surface area contributed by atoms with Crippen LogP contribution >= 0.6 is 0 Å². The van der Waals surface area contributed by atoms with Crippen LogP contribution in [0, 0.1) is 23.4 Å². The molecular formula is C31H35F3. The molecule has 0 aromatic heterocycles. The van der Waals surface area contributed by atoms with E-state index in [0.717, 1.165) is 5.92 Å². The molecule has 3 aromatic carbocycles. The summed E-state index contributed by atoms with van der Waals surface area (Å²) in [5.74, 6) is -1.39. The van der Waals surface area contributed by atoms with Gasteiger partial charge in [-0.05, 0) is 78.5 Å². The Kier molecular flexibility index (Phi) is 8.13. The number of fused-ring (bicyclic) bond motifs is 1. The third-order valence-electron chi connectivity index (χ3n) is 7.58. The second kappa shape index (κ2) is 11.3. The van der Waals surface area contributed by atoms with E-state index in [9.17, 15) is 8.78 Å². The van der Waals surface area contributed by atoms with Crippen molar-refractivity contribution >= 4 is 10.8 Å². The lowest BCUT2D eigenvalue weighted by Gasteiger charge is -2.29. The van der Waals surface area contributed by atoms with Gasteiger partial charge in [-0.1, -0.05) is 75.1 Å². The van der Waals surface area contributed by atoms with E-state index >= 15 is 4.39 Å². The summed E-state index contributed by atoms with van der Waals surface area (Å²) >= 11 is 0. The minimum absolute atomic E-state index is 0.175. The Morgan fingerprint density at radius 1 is 0.882 bits per heavy atom. The van der Waals surface area contributed by atoms with Crippen LogP contribution in [0.2, 0.25) is 0 Å². The standard InChI is InChI=1S/C31H35F3/c1-3-5-7-8-21-10-12-22(13-11-21)23-14-16-24(17-15-23)27-20-26-19-18-25(9-6-4-2)29(32)28(26)31(34)30(27)33/h4,14-22H,2-3,5-13H2,1H3. The van der Waals surface area contributed by atoms with Gasteiger partial charge in [0.2, 0.25) is 0 Å². The van der Waals surface area contributed by atoms with Crippen LogP contribution in [0.25, 0.3) is 21.9 Å². The maximum atomic E-state index is 15.0. The molecule has 0 N–H and O–H groups in total. The Labute approximate surface area is 201 Å². The summed E-state index contributed by atoms with van der Waals surface area (Å²) in [5.41, 5.74) is 2.44. The summed E-state index contributed by atoms with van der Waals surface area (Å²) in [4.78, 5) is 0. The quantitative estimate of drug-likeness (QED) is 0.218. The second-order valence-corrected chi connectivity index (χ2v) is 9.85. The molecule has 0 unspecified atom stereocenters. The minimum Gasteiger partial charge on any atom is -0.206 e. The van der Waals surface area contributed by atoms with Gasteiger partial charge in [-0.3, -0.25) is 0 Å². The van der Waals surface area contributed by atoms with Crippen molar-refractivity contribution in [2.45, 2.75) is 77.0 Å². The molecule has 0 amide bonds. The molecule has 180 valence electrons. The highest BCUT2D eigenvalue weighted by molar-refractivity contribution is 5.89. The number of halogens is 3. The summed E-state index contributed by atoms with van der Waals surface area (Å²) in [6, 6.07) is 12.8. The van der Waals surface area contributed by atoms with Gasteiger partial charge in [0.25, 0.3) is 0 Å². The van der Waals surface area contributed by atoms with E-state index in [4.69, 9.17) is 0 Å². The lowest BCUT2D eigenvalue weighted by Crippen LogP contribution is -2.13. The summed E-state index contributed by atoms with van der Waals surface area (Å²) in [7, 11) is 0. The molecule has 1 saturated carbocycles. The zero-order valence-corrected chi connectivity index (χ0v) is 20.2. The van der Waals surface area contributed by atoms with Crippen molar-refractivity contribution in [3.05, 3.63) is 83.7 Å². The SMILES string of the molecule is C=CCCc1ccc2cc(-c3ccc(C4CCC(CCCCC)CC4)cc3)c(F)c(F)c2c1F. The van der Waals surface area contributed by atoms with Crippen LogP contribution < -0.4 is 0 Å². The van der Waals surface area contributed by atoms with Gasteiger partial charge in [0.1, 0.15) is 5.82 Å². The first-order chi connectivity index (χ1) is 16.5. The Hall–Kier alpha value is -2.55. The molecule has 0 bridgehead atoms. The predicted octanol–water partition coefficient (Wildman–Crippen LogP) is 9.90. The summed E-state index contributed by atoms with van der Waals surface area (Å²) in [6.45, 7) is 5.89. The normalized spacial score (nSPS) is 18.4. The van der Waals surface area contributed by atoms with Crippen molar-refractivity contribution in [3.63, 3.8) is 0 Å². The predicted molar refractivity (Wildman–Crippen MR) is 137 cm³/mol. The zero-order chi connectivity index (χ0) is 24.1. The van der Waals surface area contributed by atoms with Crippen molar-refractivity contribution in [3.8, 4) is 11.1 Å². The Morgan fingerprint density at radius 2 is 1.62 bits per heavy atom. The molecule has 34 heavy (non-hydrogen) atoms. The van der Waals surface area contributed by atoms with E-state index in [1.165, 1.54) is 56.9 Å². The highest BCUT2D eigenvalue weighted by Gasteiger charge is 2.23. The first-order valence-corrected chi connectivity index (χ1v) is 12.8. The van der Waals surface area contributed by atoms with Crippen LogP contribution in [0.5, 0.6) is 0 Å². The van der Waals surface area contributed by atoms with E-state index in [-0.39, 0.29) is 10.9 Å². The largest absolute Gasteiger partial charge is 0.206 e. The molecule has 1 aliphatic rings. The molecule has 3 heteroatoms. The fraction of sp³-hybridized carbons (Fsp3) is 0.419. The number of hydrogen-bond acceptors (Lipinski definition) is 0. The molecular weight excluding hydrogens is 429 g/mol. The van der Waals surface area contributed by atoms with Crippen LogP contribution in [-0.4, -0.2) is 0 Å². The van der Waals surface area contributed by atoms with Gasteiger partial charge in [0.05, 0.1) is 5.39 Å². The number of rotatable bonds is 9. The molecule has 0 nitrogen and oxygen atoms in total. The number of aryl methyl sites for hydroxylation is 1. The van der Waals surface area contributed by atoms with Gasteiger partial charge >= 0.3 is 0 Å². The Bertz CT molecular complexity index is 1120. The average molecular weight is 465 g/mol. The van der Waals surface area contributed by atoms with Crippen LogP contribution in [-0.2, 0) is 6.42 Å². The number of unbranched alkanes of at least 4 members (excludes halogenated alkanes) is 2. The maximum absolute atomic E-state index is 15.0. The van der Waals surface area contributed by atoms with Crippen molar-refractivity contribution in [1.82, 2.24) is 0 Å². The van der Waals surface area contributed by atoms with E-state index < -0.39 is 17.5 Å². The minimum atomic E-state index is -1.11. The lowest BCUT2D eigenvalue weighted by molar-refractivity contribution is 0.303. The molecule has 1 aliphatic carbocycles. The zero-order valence-electron chi connectivity index (χ0n) is 20.2. The van der Waals surface area contributed by atoms with Gasteiger partial charge in [-0.25, -0.2) is 13.2 Å². The van der Waals surface area contributed by atoms with Crippen molar-refractivity contribution in [2.75, 3.05) is 0 Å². The van der Waals surface area contributed by atoms with Gasteiger partial charge in [0.15, 0.2) is 11.6 Å². The smallest absolute Gasteiger partial charge is 0.170 e. The van der Waals surface area contributed by atoms with Crippen molar-refractivity contribution in [2.24, 2.45) is 5.92 Å². The van der Waals surface area contributed by atoms with Crippen LogP contribution in [0.1, 0.15) is 81.8 Å². The molecule has 0 atom stereocenters. The summed E-state index contributed by atoms with van der Waals surface area (Å²) in [5, 5.41) is 0.106. The van der Waals surface area contributed by atoms with Gasteiger partial charge in [0, 0.05) is 5.56 Å². The Morgan fingerprint density at radius 3 is 2.29 bits per heavy atom. The van der Waals surface area contributed by atoms with E-state index in [1.807, 2.05) is 12.1 Å². The van der Waals surface area contributed by atoms with E-state index in [1.54, 1.807) is 24.3 Å². The highest BCUT2D eigenvalue weighted by Crippen LogP contribution is 2.39. The fourth-order valence-electron chi connectivity index (χ4n) is 5.49. The van der Waals surface area contributed by atoms with Gasteiger partial charge in [-0.2, -0.15) is 0 Å². The maximum Gasteiger partial charge on any atom is 0.170 e. The van der Waals surface area contributed by atoms with Crippen LogP contribution in [0.15, 0.2) is 55.1 Å². The molecule has 0 aliphatic heterocycles. The second-order valence-electron chi connectivity index (χ2n) is 9.85.